The van der Waals surface area contributed by atoms with Crippen LogP contribution in [0.5, 0.6) is 0 Å². The van der Waals surface area contributed by atoms with Crippen molar-refractivity contribution in [1.82, 2.24) is 5.01 Å². The largest absolute Gasteiger partial charge is 0.269 e. The second-order valence-electron chi connectivity index (χ2n) is 3.07. The number of nitrogens with two attached hydrogens (primary N) is 1. The highest BCUT2D eigenvalue weighted by Crippen LogP contribution is 2.28. The normalized spacial score (nSPS) is 20.3. The first-order valence-electron chi connectivity index (χ1n) is 3.75. The van der Waals surface area contributed by atoms with Crippen molar-refractivity contribution in [1.29, 1.82) is 0 Å². The van der Waals surface area contributed by atoms with Crippen molar-refractivity contribution in [3.8, 4) is 0 Å². The standard InChI is InChI=1S/C7H16N2/c1-9(8)6-5-7-3-2-4-7/h7H,2-6,8H2,1H3. The molecule has 1 rings (SSSR count). The molecule has 1 saturated carbocycles. The summed E-state index contributed by atoms with van der Waals surface area (Å²) in [7, 11) is 1.93. The second kappa shape index (κ2) is 3.18. The summed E-state index contributed by atoms with van der Waals surface area (Å²) in [6.45, 7) is 1.06. The topological polar surface area (TPSA) is 29.3 Å². The predicted molar refractivity (Wildman–Crippen MR) is 38.8 cm³/mol. The quantitative estimate of drug-likeness (QED) is 0.453. The lowest BCUT2D eigenvalue weighted by Crippen LogP contribution is -2.29. The van der Waals surface area contributed by atoms with Crippen LogP contribution in [0.25, 0.3) is 0 Å². The molecule has 9 heavy (non-hydrogen) atoms. The van der Waals surface area contributed by atoms with Gasteiger partial charge >= 0.3 is 0 Å². The van der Waals surface area contributed by atoms with Gasteiger partial charge < -0.3 is 0 Å². The van der Waals surface area contributed by atoms with Crippen molar-refractivity contribution in [3.63, 3.8) is 0 Å². The molecule has 54 valence electrons. The van der Waals surface area contributed by atoms with Gasteiger partial charge in [0.05, 0.1) is 0 Å². The average molecular weight is 128 g/mol. The maximum absolute atomic E-state index is 5.45. The van der Waals surface area contributed by atoms with E-state index >= 15 is 0 Å². The first kappa shape index (κ1) is 7.03. The van der Waals surface area contributed by atoms with Gasteiger partial charge in [-0.05, 0) is 12.3 Å². The third-order valence-corrected chi connectivity index (χ3v) is 2.11. The molecular weight excluding hydrogens is 112 g/mol. The Morgan fingerprint density at radius 1 is 1.56 bits per heavy atom. The Hall–Kier alpha value is -0.0800. The van der Waals surface area contributed by atoms with Crippen LogP contribution in [0.3, 0.4) is 0 Å². The Morgan fingerprint density at radius 3 is 2.56 bits per heavy atom. The number of rotatable bonds is 3. The monoisotopic (exact) mass is 128 g/mol. The summed E-state index contributed by atoms with van der Waals surface area (Å²) in [5.41, 5.74) is 0. The van der Waals surface area contributed by atoms with E-state index in [2.05, 4.69) is 0 Å². The lowest BCUT2D eigenvalue weighted by Gasteiger charge is -2.26. The van der Waals surface area contributed by atoms with E-state index in [4.69, 9.17) is 5.84 Å². The molecule has 0 aliphatic heterocycles. The first-order chi connectivity index (χ1) is 4.29. The summed E-state index contributed by atoms with van der Waals surface area (Å²) in [6, 6.07) is 0. The Morgan fingerprint density at radius 2 is 2.22 bits per heavy atom. The molecule has 0 amide bonds. The minimum absolute atomic E-state index is 0.996. The zero-order valence-electron chi connectivity index (χ0n) is 6.14. The minimum Gasteiger partial charge on any atom is -0.269 e. The lowest BCUT2D eigenvalue weighted by molar-refractivity contribution is 0.242. The lowest BCUT2D eigenvalue weighted by atomic mass is 9.83. The van der Waals surface area contributed by atoms with Gasteiger partial charge in [0.2, 0.25) is 0 Å². The van der Waals surface area contributed by atoms with Gasteiger partial charge in [0.15, 0.2) is 0 Å². The van der Waals surface area contributed by atoms with E-state index in [1.165, 1.54) is 25.7 Å². The van der Waals surface area contributed by atoms with Crippen molar-refractivity contribution in [2.75, 3.05) is 13.6 Å². The Kier molecular flexibility index (Phi) is 2.49. The summed E-state index contributed by atoms with van der Waals surface area (Å²) in [6.07, 6.45) is 5.62. The molecule has 0 heterocycles. The van der Waals surface area contributed by atoms with Crippen molar-refractivity contribution >= 4 is 0 Å². The van der Waals surface area contributed by atoms with Crippen molar-refractivity contribution in [3.05, 3.63) is 0 Å². The second-order valence-corrected chi connectivity index (χ2v) is 3.07. The van der Waals surface area contributed by atoms with Crippen LogP contribution >= 0.6 is 0 Å². The third-order valence-electron chi connectivity index (χ3n) is 2.11. The Balaban J connectivity index is 1.91. The molecule has 0 saturated heterocycles. The molecule has 0 radical (unpaired) electrons. The van der Waals surface area contributed by atoms with Crippen LogP contribution in [-0.4, -0.2) is 18.6 Å². The average Bonchev–Trinajstić information content (AvgIpc) is 1.60. The van der Waals surface area contributed by atoms with Gasteiger partial charge in [-0.25, -0.2) is 0 Å². The van der Waals surface area contributed by atoms with E-state index in [1.807, 2.05) is 7.05 Å². The molecule has 0 aromatic carbocycles. The zero-order chi connectivity index (χ0) is 6.69. The summed E-state index contributed by atoms with van der Waals surface area (Å²) < 4.78 is 0. The van der Waals surface area contributed by atoms with E-state index in [1.54, 1.807) is 5.01 Å². The molecule has 0 unspecified atom stereocenters. The van der Waals surface area contributed by atoms with E-state index < -0.39 is 0 Å². The maximum atomic E-state index is 5.45. The van der Waals surface area contributed by atoms with E-state index in [0.717, 1.165) is 12.5 Å². The fourth-order valence-electron chi connectivity index (χ4n) is 1.17. The molecule has 0 aromatic heterocycles. The van der Waals surface area contributed by atoms with Gasteiger partial charge in [0.25, 0.3) is 0 Å². The van der Waals surface area contributed by atoms with Gasteiger partial charge in [-0.1, -0.05) is 19.3 Å². The smallest absolute Gasteiger partial charge is 0.0128 e. The highest BCUT2D eigenvalue weighted by molar-refractivity contribution is 4.69. The van der Waals surface area contributed by atoms with Gasteiger partial charge in [0.1, 0.15) is 0 Å². The van der Waals surface area contributed by atoms with E-state index in [0.29, 0.717) is 0 Å². The van der Waals surface area contributed by atoms with Crippen LogP contribution in [0.4, 0.5) is 0 Å². The fourth-order valence-corrected chi connectivity index (χ4v) is 1.17. The van der Waals surface area contributed by atoms with Gasteiger partial charge in [-0.2, -0.15) is 0 Å². The zero-order valence-corrected chi connectivity index (χ0v) is 6.14. The Labute approximate surface area is 57.0 Å². The molecule has 2 heteroatoms. The number of hydrogen-bond acceptors (Lipinski definition) is 2. The van der Waals surface area contributed by atoms with Gasteiger partial charge in [-0.15, -0.1) is 0 Å². The van der Waals surface area contributed by atoms with Gasteiger partial charge in [-0.3, -0.25) is 10.9 Å². The molecule has 1 aliphatic rings. The van der Waals surface area contributed by atoms with Crippen LogP contribution in [0.15, 0.2) is 0 Å². The third kappa shape index (κ3) is 2.33. The number of hydrazine groups is 1. The van der Waals surface area contributed by atoms with Gasteiger partial charge in [0, 0.05) is 13.6 Å². The molecule has 0 atom stereocenters. The fraction of sp³-hybridized carbons (Fsp3) is 1.00. The molecule has 2 N–H and O–H groups in total. The SMILES string of the molecule is CN(N)CCC1CCC1. The molecule has 0 spiro atoms. The molecule has 0 bridgehead atoms. The van der Waals surface area contributed by atoms with E-state index in [-0.39, 0.29) is 0 Å². The molecule has 0 aromatic rings. The molecule has 1 aliphatic carbocycles. The maximum Gasteiger partial charge on any atom is 0.0128 e. The number of nitrogens with zero attached hydrogens (tertiary/aromatic N) is 1. The molecular formula is C7H16N2. The highest BCUT2D eigenvalue weighted by Gasteiger charge is 2.16. The van der Waals surface area contributed by atoms with Crippen molar-refractivity contribution in [2.45, 2.75) is 25.7 Å². The van der Waals surface area contributed by atoms with Crippen LogP contribution in [-0.2, 0) is 0 Å². The summed E-state index contributed by atoms with van der Waals surface area (Å²) in [5.74, 6) is 6.45. The molecule has 1 fully saturated rings. The Bertz CT molecular complexity index is 77.0. The van der Waals surface area contributed by atoms with Crippen LogP contribution in [0.1, 0.15) is 25.7 Å². The van der Waals surface area contributed by atoms with Crippen molar-refractivity contribution < 1.29 is 0 Å². The van der Waals surface area contributed by atoms with E-state index in [9.17, 15) is 0 Å². The summed E-state index contributed by atoms with van der Waals surface area (Å²) >= 11 is 0. The van der Waals surface area contributed by atoms with Crippen LogP contribution in [0, 0.1) is 5.92 Å². The molecule has 2 nitrogen and oxygen atoms in total. The highest BCUT2D eigenvalue weighted by atomic mass is 15.4. The summed E-state index contributed by atoms with van der Waals surface area (Å²) in [4.78, 5) is 0. The number of hydrogen-bond donors (Lipinski definition) is 1. The van der Waals surface area contributed by atoms with Crippen LogP contribution < -0.4 is 5.84 Å². The first-order valence-corrected chi connectivity index (χ1v) is 3.75. The van der Waals surface area contributed by atoms with Crippen molar-refractivity contribution in [2.24, 2.45) is 11.8 Å². The predicted octanol–water partition coefficient (Wildman–Crippen LogP) is 0.982. The minimum atomic E-state index is 0.996. The summed E-state index contributed by atoms with van der Waals surface area (Å²) in [5, 5.41) is 1.78. The van der Waals surface area contributed by atoms with Crippen LogP contribution in [0.2, 0.25) is 0 Å².